The fraction of sp³-hybridized carbons (Fsp3) is 0.357. The number of nitrogens with two attached hydrogens (primary N) is 1. The number of anilines is 1. The van der Waals surface area contributed by atoms with Crippen molar-refractivity contribution in [1.29, 1.82) is 0 Å². The topological polar surface area (TPSA) is 51.4 Å². The molecule has 5 heteroatoms. The molecule has 19 heavy (non-hydrogen) atoms. The Hall–Kier alpha value is -1.33. The fourth-order valence-electron chi connectivity index (χ4n) is 1.87. The average Bonchev–Trinajstić information content (AvgIpc) is 2.36. The molecule has 0 unspecified atom stereocenters. The van der Waals surface area contributed by atoms with Crippen LogP contribution in [0.3, 0.4) is 0 Å². The Labute approximate surface area is 121 Å². The molecule has 0 spiro atoms. The van der Waals surface area contributed by atoms with Gasteiger partial charge in [-0.25, -0.2) is 0 Å². The van der Waals surface area contributed by atoms with Crippen molar-refractivity contribution in [1.82, 2.24) is 9.88 Å². The van der Waals surface area contributed by atoms with Crippen LogP contribution < -0.4 is 10.5 Å². The van der Waals surface area contributed by atoms with E-state index in [0.29, 0.717) is 12.3 Å². The molecule has 0 aliphatic carbocycles. The Morgan fingerprint density at radius 2 is 2.16 bits per heavy atom. The summed E-state index contributed by atoms with van der Waals surface area (Å²) in [6.07, 6.45) is 2.61. The Morgan fingerprint density at radius 1 is 1.37 bits per heavy atom. The van der Waals surface area contributed by atoms with E-state index < -0.39 is 0 Å². The van der Waals surface area contributed by atoms with Crippen molar-refractivity contribution >= 4 is 32.5 Å². The van der Waals surface area contributed by atoms with Gasteiger partial charge in [0, 0.05) is 16.4 Å². The van der Waals surface area contributed by atoms with Crippen LogP contribution in [0.2, 0.25) is 0 Å². The van der Waals surface area contributed by atoms with Gasteiger partial charge in [-0.1, -0.05) is 15.9 Å². The lowest BCUT2D eigenvalue weighted by molar-refractivity contribution is 0.285. The molecule has 1 heterocycles. The number of rotatable bonds is 5. The Kier molecular flexibility index (Phi) is 4.61. The summed E-state index contributed by atoms with van der Waals surface area (Å²) < 4.78 is 6.83. The van der Waals surface area contributed by atoms with Crippen LogP contribution >= 0.6 is 15.9 Å². The number of benzene rings is 1. The number of fused-ring (bicyclic) bond motifs is 1. The van der Waals surface area contributed by atoms with Crippen LogP contribution in [0.1, 0.15) is 6.42 Å². The molecule has 0 aliphatic heterocycles. The van der Waals surface area contributed by atoms with Crippen molar-refractivity contribution in [3.63, 3.8) is 0 Å². The Bertz CT molecular complexity index is 567. The summed E-state index contributed by atoms with van der Waals surface area (Å²) >= 11 is 3.46. The van der Waals surface area contributed by atoms with Crippen LogP contribution in [0.4, 0.5) is 5.69 Å². The second-order valence-electron chi connectivity index (χ2n) is 4.71. The number of nitrogens with zero attached hydrogens (tertiary/aromatic N) is 2. The van der Waals surface area contributed by atoms with Crippen LogP contribution in [-0.2, 0) is 0 Å². The highest BCUT2D eigenvalue weighted by Gasteiger charge is 2.08. The van der Waals surface area contributed by atoms with Gasteiger partial charge in [0.15, 0.2) is 5.75 Å². The molecule has 1 aromatic carbocycles. The lowest BCUT2D eigenvalue weighted by atomic mass is 10.2. The zero-order valence-electron chi connectivity index (χ0n) is 11.2. The molecule has 0 amide bonds. The summed E-state index contributed by atoms with van der Waals surface area (Å²) in [5, 5.41) is 0.944. The maximum Gasteiger partial charge on any atom is 0.153 e. The molecule has 2 aromatic rings. The van der Waals surface area contributed by atoms with Crippen molar-refractivity contribution in [3.8, 4) is 5.75 Å². The molecule has 0 saturated carbocycles. The highest BCUT2D eigenvalue weighted by atomic mass is 79.9. The molecule has 1 aromatic heterocycles. The average molecular weight is 324 g/mol. The first-order valence-electron chi connectivity index (χ1n) is 6.19. The van der Waals surface area contributed by atoms with E-state index in [1.165, 1.54) is 0 Å². The summed E-state index contributed by atoms with van der Waals surface area (Å²) in [7, 11) is 4.10. The van der Waals surface area contributed by atoms with E-state index in [2.05, 4.69) is 25.8 Å². The summed E-state index contributed by atoms with van der Waals surface area (Å²) in [6, 6.07) is 5.90. The van der Waals surface area contributed by atoms with Gasteiger partial charge in [0.05, 0.1) is 24.0 Å². The van der Waals surface area contributed by atoms with Crippen LogP contribution in [0.25, 0.3) is 10.9 Å². The molecule has 0 atom stereocenters. The predicted octanol–water partition coefficient (Wildman–Crippen LogP) is 2.91. The summed E-state index contributed by atoms with van der Waals surface area (Å²) in [5.74, 6) is 0.727. The van der Waals surface area contributed by atoms with E-state index in [4.69, 9.17) is 10.5 Å². The zero-order valence-corrected chi connectivity index (χ0v) is 12.8. The molecule has 0 aliphatic rings. The van der Waals surface area contributed by atoms with Gasteiger partial charge in [0.1, 0.15) is 0 Å². The number of hydrogen-bond acceptors (Lipinski definition) is 4. The number of hydrogen-bond donors (Lipinski definition) is 1. The number of pyridine rings is 1. The van der Waals surface area contributed by atoms with Crippen molar-refractivity contribution < 1.29 is 4.74 Å². The molecular formula is C14H18BrN3O. The summed E-state index contributed by atoms with van der Waals surface area (Å²) in [5.41, 5.74) is 7.43. The zero-order chi connectivity index (χ0) is 13.8. The van der Waals surface area contributed by atoms with Crippen LogP contribution in [0.5, 0.6) is 5.75 Å². The monoisotopic (exact) mass is 323 g/mol. The molecule has 0 fully saturated rings. The van der Waals surface area contributed by atoms with Gasteiger partial charge in [-0.05, 0) is 38.7 Å². The van der Waals surface area contributed by atoms with Crippen molar-refractivity contribution in [2.24, 2.45) is 0 Å². The molecule has 0 radical (unpaired) electrons. The molecule has 0 saturated heterocycles. The van der Waals surface area contributed by atoms with Crippen LogP contribution in [-0.4, -0.2) is 37.1 Å². The first-order valence-corrected chi connectivity index (χ1v) is 6.98. The predicted molar refractivity (Wildman–Crippen MR) is 82.5 cm³/mol. The molecule has 2 N–H and O–H groups in total. The maximum absolute atomic E-state index is 5.97. The second-order valence-corrected chi connectivity index (χ2v) is 5.63. The lowest BCUT2D eigenvalue weighted by Gasteiger charge is -2.13. The molecular weight excluding hydrogens is 306 g/mol. The number of aromatic nitrogens is 1. The third kappa shape index (κ3) is 3.58. The minimum Gasteiger partial charge on any atom is -0.491 e. The molecule has 0 bridgehead atoms. The highest BCUT2D eigenvalue weighted by Crippen LogP contribution is 2.32. The highest BCUT2D eigenvalue weighted by molar-refractivity contribution is 9.10. The smallest absolute Gasteiger partial charge is 0.153 e. The van der Waals surface area contributed by atoms with Gasteiger partial charge in [0.25, 0.3) is 0 Å². The van der Waals surface area contributed by atoms with Gasteiger partial charge in [0.2, 0.25) is 0 Å². The first kappa shape index (κ1) is 14.1. The minimum absolute atomic E-state index is 0.579. The van der Waals surface area contributed by atoms with Crippen molar-refractivity contribution in [2.45, 2.75) is 6.42 Å². The third-order valence-electron chi connectivity index (χ3n) is 2.80. The number of nitrogen functional groups attached to an aromatic ring is 1. The minimum atomic E-state index is 0.579. The lowest BCUT2D eigenvalue weighted by Crippen LogP contribution is -2.15. The van der Waals surface area contributed by atoms with Crippen molar-refractivity contribution in [3.05, 3.63) is 28.9 Å². The molecule has 4 nitrogen and oxygen atoms in total. The Balaban J connectivity index is 2.20. The van der Waals surface area contributed by atoms with E-state index in [0.717, 1.165) is 34.1 Å². The van der Waals surface area contributed by atoms with Gasteiger partial charge < -0.3 is 15.4 Å². The summed E-state index contributed by atoms with van der Waals surface area (Å²) in [6.45, 7) is 1.64. The first-order chi connectivity index (χ1) is 9.08. The maximum atomic E-state index is 5.97. The number of halogens is 1. The van der Waals surface area contributed by atoms with Crippen molar-refractivity contribution in [2.75, 3.05) is 33.0 Å². The van der Waals surface area contributed by atoms with E-state index in [1.54, 1.807) is 6.20 Å². The normalized spacial score (nSPS) is 11.2. The van der Waals surface area contributed by atoms with E-state index in [1.807, 2.05) is 32.3 Å². The van der Waals surface area contributed by atoms with Crippen LogP contribution in [0, 0.1) is 0 Å². The van der Waals surface area contributed by atoms with Gasteiger partial charge >= 0.3 is 0 Å². The quantitative estimate of drug-likeness (QED) is 0.859. The van der Waals surface area contributed by atoms with Gasteiger partial charge in [-0.2, -0.15) is 0 Å². The SMILES string of the molecule is CN(C)CCCOc1c(N)cnc2ccc(Br)cc12. The van der Waals surface area contributed by atoms with Crippen LogP contribution in [0.15, 0.2) is 28.9 Å². The standard InChI is InChI=1S/C14H18BrN3O/c1-18(2)6-3-7-19-14-11-8-10(15)4-5-13(11)17-9-12(14)16/h4-5,8-9H,3,6-7,16H2,1-2H3. The number of ether oxygens (including phenoxy) is 1. The third-order valence-corrected chi connectivity index (χ3v) is 3.30. The fourth-order valence-corrected chi connectivity index (χ4v) is 2.23. The molecule has 102 valence electrons. The summed E-state index contributed by atoms with van der Waals surface area (Å²) in [4.78, 5) is 6.44. The largest absolute Gasteiger partial charge is 0.491 e. The molecule has 2 rings (SSSR count). The Morgan fingerprint density at radius 3 is 2.89 bits per heavy atom. The van der Waals surface area contributed by atoms with E-state index in [-0.39, 0.29) is 0 Å². The van der Waals surface area contributed by atoms with Gasteiger partial charge in [-0.3, -0.25) is 4.98 Å². The van der Waals surface area contributed by atoms with Gasteiger partial charge in [-0.15, -0.1) is 0 Å². The van der Waals surface area contributed by atoms with E-state index in [9.17, 15) is 0 Å². The second kappa shape index (κ2) is 6.21. The van der Waals surface area contributed by atoms with E-state index >= 15 is 0 Å².